The molecule has 0 nitrogen and oxygen atoms in total. The van der Waals surface area contributed by atoms with Crippen LogP contribution < -0.4 is 0 Å². The molecular formula is C4H3B. The molecule has 2 radical (unpaired) electrons. The lowest BCUT2D eigenvalue weighted by atomic mass is 10.1. The summed E-state index contributed by atoms with van der Waals surface area (Å²) < 4.78 is 0. The van der Waals surface area contributed by atoms with Crippen molar-refractivity contribution in [2.45, 2.75) is 0 Å². The molecule has 1 heteroatoms. The normalized spacial score (nSPS) is 7.80. The molecule has 0 amide bonds. The number of terminal acetylenes is 1. The fraction of sp³-hybridized carbons (Fsp3) is 0. The second-order valence-corrected chi connectivity index (χ2v) is 0.526. The molecule has 0 heterocycles. The Hall–Kier alpha value is -0.635. The van der Waals surface area contributed by atoms with E-state index in [1.807, 2.05) is 0 Å². The van der Waals surface area contributed by atoms with Gasteiger partial charge in [0, 0.05) is 0 Å². The van der Waals surface area contributed by atoms with Crippen molar-refractivity contribution in [3.05, 3.63) is 12.1 Å². The van der Waals surface area contributed by atoms with E-state index in [1.165, 1.54) is 12.1 Å². The van der Waals surface area contributed by atoms with Gasteiger partial charge in [0.15, 0.2) is 0 Å². The lowest BCUT2D eigenvalue weighted by molar-refractivity contribution is 2.28. The summed E-state index contributed by atoms with van der Waals surface area (Å²) in [6.45, 7) is 0. The summed E-state index contributed by atoms with van der Waals surface area (Å²) in [4.78, 5) is 0. The number of rotatable bonds is 0. The van der Waals surface area contributed by atoms with Gasteiger partial charge in [0.05, 0.1) is 0 Å². The molecule has 22 valence electrons. The zero-order valence-electron chi connectivity index (χ0n) is 2.81. The molecule has 0 saturated heterocycles. The van der Waals surface area contributed by atoms with Crippen molar-refractivity contribution in [3.8, 4) is 12.3 Å². The van der Waals surface area contributed by atoms with Gasteiger partial charge in [-0.1, -0.05) is 5.92 Å². The Kier molecular flexibility index (Phi) is 2.94. The topological polar surface area (TPSA) is 0 Å². The van der Waals surface area contributed by atoms with Crippen molar-refractivity contribution < 1.29 is 0 Å². The van der Waals surface area contributed by atoms with Gasteiger partial charge in [0.25, 0.3) is 0 Å². The van der Waals surface area contributed by atoms with Crippen LogP contribution in [0.2, 0.25) is 0 Å². The predicted molar refractivity (Wildman–Crippen MR) is 23.7 cm³/mol. The molecule has 0 aromatic carbocycles. The standard InChI is InChI=1S/C4H3B/c1-2-3-4-5/h1,3-4H. The summed E-state index contributed by atoms with van der Waals surface area (Å²) in [7, 11) is 4.82. The third-order valence-electron chi connectivity index (χ3n) is 0.192. The average molecular weight is 61.9 g/mol. The zero-order chi connectivity index (χ0) is 4.12. The fourth-order valence-electron chi connectivity index (χ4n) is 0.0556. The van der Waals surface area contributed by atoms with Crippen molar-refractivity contribution >= 4 is 7.85 Å². The van der Waals surface area contributed by atoms with Crippen LogP contribution >= 0.6 is 0 Å². The first-order chi connectivity index (χ1) is 2.41. The summed E-state index contributed by atoms with van der Waals surface area (Å²) in [5.74, 6) is 3.53. The van der Waals surface area contributed by atoms with Crippen molar-refractivity contribution in [2.75, 3.05) is 0 Å². The van der Waals surface area contributed by atoms with E-state index in [0.717, 1.165) is 0 Å². The highest BCUT2D eigenvalue weighted by molar-refractivity contribution is 6.17. The summed E-state index contributed by atoms with van der Waals surface area (Å²) in [6, 6.07) is 0. The second kappa shape index (κ2) is 3.36. The SMILES string of the molecule is [B]C=CC#C. The third-order valence-corrected chi connectivity index (χ3v) is 0.192. The maximum absolute atomic E-state index is 4.82. The molecule has 0 N–H and O–H groups in total. The Morgan fingerprint density at radius 3 is 2.40 bits per heavy atom. The van der Waals surface area contributed by atoms with Gasteiger partial charge >= 0.3 is 0 Å². The Balaban J connectivity index is 3.04. The third kappa shape index (κ3) is 3.36. The van der Waals surface area contributed by atoms with E-state index < -0.39 is 0 Å². The van der Waals surface area contributed by atoms with E-state index in [0.29, 0.717) is 0 Å². The maximum Gasteiger partial charge on any atom is 0.103 e. The van der Waals surface area contributed by atoms with Gasteiger partial charge in [-0.15, -0.1) is 12.4 Å². The minimum Gasteiger partial charge on any atom is -0.123 e. The summed E-state index contributed by atoms with van der Waals surface area (Å²) in [6.07, 6.45) is 6.15. The molecule has 0 aliphatic carbocycles. The van der Waals surface area contributed by atoms with E-state index in [4.69, 9.17) is 14.3 Å². The van der Waals surface area contributed by atoms with Crippen LogP contribution in [0.5, 0.6) is 0 Å². The second-order valence-electron chi connectivity index (χ2n) is 0.526. The van der Waals surface area contributed by atoms with E-state index in [9.17, 15) is 0 Å². The highest BCUT2D eigenvalue weighted by Crippen LogP contribution is 1.52. The van der Waals surface area contributed by atoms with Crippen molar-refractivity contribution in [2.24, 2.45) is 0 Å². The first-order valence-electron chi connectivity index (χ1n) is 1.24. The summed E-state index contributed by atoms with van der Waals surface area (Å²) >= 11 is 0. The Labute approximate surface area is 33.3 Å². The number of allylic oxidation sites excluding steroid dienone is 1. The molecule has 0 aliphatic heterocycles. The monoisotopic (exact) mass is 62.0 g/mol. The molecule has 0 spiro atoms. The van der Waals surface area contributed by atoms with Crippen LogP contribution in [0.25, 0.3) is 0 Å². The molecule has 0 fully saturated rings. The smallest absolute Gasteiger partial charge is 0.103 e. The quantitative estimate of drug-likeness (QED) is 0.279. The Morgan fingerprint density at radius 2 is 2.40 bits per heavy atom. The molecular weight excluding hydrogens is 58.9 g/mol. The van der Waals surface area contributed by atoms with Crippen molar-refractivity contribution in [3.63, 3.8) is 0 Å². The van der Waals surface area contributed by atoms with E-state index in [-0.39, 0.29) is 0 Å². The maximum atomic E-state index is 4.82. The fourth-order valence-corrected chi connectivity index (χ4v) is 0.0556. The van der Waals surface area contributed by atoms with Crippen LogP contribution in [-0.2, 0) is 0 Å². The van der Waals surface area contributed by atoms with Crippen LogP contribution in [0.4, 0.5) is 0 Å². The minimum absolute atomic E-state index is 1.32. The lowest BCUT2D eigenvalue weighted by Gasteiger charge is -1.51. The van der Waals surface area contributed by atoms with E-state index in [2.05, 4.69) is 5.92 Å². The summed E-state index contributed by atoms with van der Waals surface area (Å²) in [5.41, 5.74) is 0. The molecule has 0 aromatic rings. The first kappa shape index (κ1) is 4.36. The lowest BCUT2D eigenvalue weighted by Crippen LogP contribution is -1.44. The van der Waals surface area contributed by atoms with Crippen molar-refractivity contribution in [1.29, 1.82) is 0 Å². The van der Waals surface area contributed by atoms with Gasteiger partial charge in [-0.25, -0.2) is 0 Å². The van der Waals surface area contributed by atoms with E-state index >= 15 is 0 Å². The average Bonchev–Trinajstić information content (AvgIpc) is 1.41. The summed E-state index contributed by atoms with van der Waals surface area (Å²) in [5, 5.41) is 0. The highest BCUT2D eigenvalue weighted by Gasteiger charge is 1.41. The van der Waals surface area contributed by atoms with Gasteiger partial charge in [0.2, 0.25) is 0 Å². The van der Waals surface area contributed by atoms with Gasteiger partial charge in [-0.05, 0) is 6.08 Å². The van der Waals surface area contributed by atoms with E-state index in [1.54, 1.807) is 0 Å². The van der Waals surface area contributed by atoms with Crippen molar-refractivity contribution in [1.82, 2.24) is 0 Å². The molecule has 0 saturated carbocycles. The minimum atomic E-state index is 1.32. The predicted octanol–water partition coefficient (Wildman–Crippen LogP) is 0.302. The van der Waals surface area contributed by atoms with Gasteiger partial charge in [0.1, 0.15) is 7.85 Å². The first-order valence-corrected chi connectivity index (χ1v) is 1.24. The van der Waals surface area contributed by atoms with Crippen LogP contribution in [0.15, 0.2) is 12.1 Å². The number of hydrogen-bond acceptors (Lipinski definition) is 0. The largest absolute Gasteiger partial charge is 0.123 e. The van der Waals surface area contributed by atoms with Gasteiger partial charge in [-0.2, -0.15) is 0 Å². The van der Waals surface area contributed by atoms with Crippen LogP contribution in [-0.4, -0.2) is 7.85 Å². The molecule has 5 heavy (non-hydrogen) atoms. The molecule has 0 atom stereocenters. The number of hydrogen-bond donors (Lipinski definition) is 0. The van der Waals surface area contributed by atoms with Crippen LogP contribution in [0, 0.1) is 12.3 Å². The molecule has 0 aliphatic rings. The van der Waals surface area contributed by atoms with Crippen LogP contribution in [0.1, 0.15) is 0 Å². The van der Waals surface area contributed by atoms with Crippen LogP contribution in [0.3, 0.4) is 0 Å². The molecule has 0 unspecified atom stereocenters. The van der Waals surface area contributed by atoms with Gasteiger partial charge < -0.3 is 0 Å². The molecule has 0 aromatic heterocycles. The Bertz CT molecular complexity index is 66.2. The molecule has 0 bridgehead atoms. The highest BCUT2D eigenvalue weighted by atomic mass is 13.4. The Morgan fingerprint density at radius 1 is 1.80 bits per heavy atom. The molecule has 0 rings (SSSR count). The van der Waals surface area contributed by atoms with Gasteiger partial charge in [-0.3, -0.25) is 0 Å². The zero-order valence-corrected chi connectivity index (χ0v) is 2.81.